The summed E-state index contributed by atoms with van der Waals surface area (Å²) < 4.78 is 40.9. The highest BCUT2D eigenvalue weighted by Crippen LogP contribution is 2.29. The maximum atomic E-state index is 12.5. The number of amides is 1. The SMILES string of the molecule is COc1ccc(CCNC(=O)CCCOc2cccc(Br)c2)cc1OC(F)F. The molecule has 0 aliphatic heterocycles. The zero-order valence-corrected chi connectivity index (χ0v) is 17.0. The summed E-state index contributed by atoms with van der Waals surface area (Å²) in [5, 5.41) is 2.81. The lowest BCUT2D eigenvalue weighted by Crippen LogP contribution is -2.25. The third-order valence-corrected chi connectivity index (χ3v) is 4.29. The minimum atomic E-state index is -2.93. The Kier molecular flexibility index (Phi) is 9.00. The van der Waals surface area contributed by atoms with E-state index in [4.69, 9.17) is 9.47 Å². The van der Waals surface area contributed by atoms with E-state index in [9.17, 15) is 13.6 Å². The Bertz CT molecular complexity index is 774. The van der Waals surface area contributed by atoms with Crippen molar-refractivity contribution in [1.29, 1.82) is 0 Å². The van der Waals surface area contributed by atoms with Gasteiger partial charge in [0.1, 0.15) is 5.75 Å². The third kappa shape index (κ3) is 7.72. The van der Waals surface area contributed by atoms with Crippen molar-refractivity contribution >= 4 is 21.8 Å². The first kappa shape index (κ1) is 21.9. The van der Waals surface area contributed by atoms with Gasteiger partial charge in [0.05, 0.1) is 13.7 Å². The quantitative estimate of drug-likeness (QED) is 0.501. The number of benzene rings is 2. The van der Waals surface area contributed by atoms with E-state index in [0.717, 1.165) is 15.8 Å². The van der Waals surface area contributed by atoms with E-state index < -0.39 is 6.61 Å². The summed E-state index contributed by atoms with van der Waals surface area (Å²) >= 11 is 3.37. The van der Waals surface area contributed by atoms with Gasteiger partial charge in [0.25, 0.3) is 0 Å². The number of methoxy groups -OCH3 is 1. The highest BCUT2D eigenvalue weighted by Gasteiger charge is 2.11. The molecule has 0 fully saturated rings. The number of alkyl halides is 2. The van der Waals surface area contributed by atoms with Gasteiger partial charge in [-0.25, -0.2) is 0 Å². The van der Waals surface area contributed by atoms with E-state index in [-0.39, 0.29) is 17.4 Å². The maximum Gasteiger partial charge on any atom is 0.387 e. The zero-order valence-electron chi connectivity index (χ0n) is 15.4. The number of carbonyl (C=O) groups excluding carboxylic acids is 1. The molecule has 0 aliphatic rings. The fraction of sp³-hybridized carbons (Fsp3) is 0.350. The molecule has 1 amide bonds. The summed E-state index contributed by atoms with van der Waals surface area (Å²) in [5.41, 5.74) is 0.759. The van der Waals surface area contributed by atoms with Crippen molar-refractivity contribution in [2.75, 3.05) is 20.3 Å². The van der Waals surface area contributed by atoms with Gasteiger partial charge >= 0.3 is 6.61 Å². The molecule has 1 N–H and O–H groups in total. The molecule has 0 radical (unpaired) electrons. The Hall–Kier alpha value is -2.35. The standard InChI is InChI=1S/C20H22BrF2NO4/c1-26-17-8-7-14(12-18(17)28-20(22)23)9-10-24-19(25)6-3-11-27-16-5-2-4-15(21)13-16/h2,4-5,7-8,12-13,20H,3,6,9-11H2,1H3,(H,24,25). The molecule has 2 aromatic rings. The van der Waals surface area contributed by atoms with Crippen molar-refractivity contribution in [1.82, 2.24) is 5.32 Å². The van der Waals surface area contributed by atoms with Crippen LogP contribution in [-0.4, -0.2) is 32.8 Å². The lowest BCUT2D eigenvalue weighted by molar-refractivity contribution is -0.121. The van der Waals surface area contributed by atoms with Crippen LogP contribution >= 0.6 is 15.9 Å². The first-order valence-corrected chi connectivity index (χ1v) is 9.54. The van der Waals surface area contributed by atoms with Crippen LogP contribution in [0.25, 0.3) is 0 Å². The van der Waals surface area contributed by atoms with Crippen LogP contribution in [0.15, 0.2) is 46.9 Å². The number of nitrogens with one attached hydrogen (secondary N) is 1. The smallest absolute Gasteiger partial charge is 0.387 e. The van der Waals surface area contributed by atoms with Crippen LogP contribution in [-0.2, 0) is 11.2 Å². The van der Waals surface area contributed by atoms with Crippen LogP contribution in [0.1, 0.15) is 18.4 Å². The monoisotopic (exact) mass is 457 g/mol. The lowest BCUT2D eigenvalue weighted by atomic mass is 10.1. The summed E-state index contributed by atoms with van der Waals surface area (Å²) in [6.07, 6.45) is 1.42. The van der Waals surface area contributed by atoms with E-state index >= 15 is 0 Å². The Morgan fingerprint density at radius 3 is 2.71 bits per heavy atom. The number of hydrogen-bond donors (Lipinski definition) is 1. The molecule has 8 heteroatoms. The van der Waals surface area contributed by atoms with Gasteiger partial charge < -0.3 is 19.5 Å². The highest BCUT2D eigenvalue weighted by molar-refractivity contribution is 9.10. The fourth-order valence-corrected chi connectivity index (χ4v) is 2.86. The van der Waals surface area contributed by atoms with Gasteiger partial charge in [0.2, 0.25) is 5.91 Å². The van der Waals surface area contributed by atoms with Crippen molar-refractivity contribution in [2.45, 2.75) is 25.9 Å². The Morgan fingerprint density at radius 1 is 1.18 bits per heavy atom. The minimum absolute atomic E-state index is 0.0222. The average molecular weight is 458 g/mol. The van der Waals surface area contributed by atoms with E-state index in [2.05, 4.69) is 26.0 Å². The van der Waals surface area contributed by atoms with Crippen molar-refractivity contribution in [2.24, 2.45) is 0 Å². The highest BCUT2D eigenvalue weighted by atomic mass is 79.9. The van der Waals surface area contributed by atoms with Gasteiger partial charge in [-0.05, 0) is 48.7 Å². The topological polar surface area (TPSA) is 56.8 Å². The molecular weight excluding hydrogens is 436 g/mol. The van der Waals surface area contributed by atoms with Gasteiger partial charge in [0.15, 0.2) is 11.5 Å². The van der Waals surface area contributed by atoms with Gasteiger partial charge in [-0.1, -0.05) is 28.1 Å². The molecule has 28 heavy (non-hydrogen) atoms. The van der Waals surface area contributed by atoms with Crippen molar-refractivity contribution in [3.63, 3.8) is 0 Å². The Balaban J connectivity index is 1.69. The van der Waals surface area contributed by atoms with E-state index in [1.807, 2.05) is 24.3 Å². The maximum absolute atomic E-state index is 12.5. The molecule has 0 heterocycles. The molecule has 0 atom stereocenters. The predicted octanol–water partition coefficient (Wildman–Crippen LogP) is 4.58. The van der Waals surface area contributed by atoms with Crippen molar-refractivity contribution in [3.8, 4) is 17.2 Å². The zero-order chi connectivity index (χ0) is 20.4. The fourth-order valence-electron chi connectivity index (χ4n) is 2.48. The van der Waals surface area contributed by atoms with E-state index in [0.29, 0.717) is 32.4 Å². The second-order valence-corrected chi connectivity index (χ2v) is 6.79. The molecule has 0 bridgehead atoms. The van der Waals surface area contributed by atoms with Crippen LogP contribution in [0, 0.1) is 0 Å². The largest absolute Gasteiger partial charge is 0.494 e. The summed E-state index contributed by atoms with van der Waals surface area (Å²) in [7, 11) is 1.38. The van der Waals surface area contributed by atoms with Crippen LogP contribution in [0.5, 0.6) is 17.2 Å². The molecule has 0 aliphatic carbocycles. The first-order valence-electron chi connectivity index (χ1n) is 8.74. The summed E-state index contributed by atoms with van der Waals surface area (Å²) in [5.74, 6) is 0.871. The number of carbonyl (C=O) groups is 1. The number of ether oxygens (including phenoxy) is 3. The van der Waals surface area contributed by atoms with Crippen molar-refractivity contribution < 1.29 is 27.8 Å². The van der Waals surface area contributed by atoms with Crippen LogP contribution in [0.3, 0.4) is 0 Å². The van der Waals surface area contributed by atoms with Crippen LogP contribution < -0.4 is 19.5 Å². The molecule has 0 saturated heterocycles. The van der Waals surface area contributed by atoms with Gasteiger partial charge in [0, 0.05) is 17.4 Å². The molecule has 5 nitrogen and oxygen atoms in total. The van der Waals surface area contributed by atoms with Gasteiger partial charge in [-0.2, -0.15) is 8.78 Å². The normalized spacial score (nSPS) is 10.6. The summed E-state index contributed by atoms with van der Waals surface area (Å²) in [6, 6.07) is 12.3. The van der Waals surface area contributed by atoms with Gasteiger partial charge in [-0.15, -0.1) is 0 Å². The molecule has 0 saturated carbocycles. The first-order chi connectivity index (χ1) is 13.5. The number of rotatable bonds is 11. The second kappa shape index (κ2) is 11.5. The number of halogens is 3. The third-order valence-electron chi connectivity index (χ3n) is 3.79. The molecule has 2 aromatic carbocycles. The lowest BCUT2D eigenvalue weighted by Gasteiger charge is -2.12. The summed E-state index contributed by atoms with van der Waals surface area (Å²) in [4.78, 5) is 11.9. The van der Waals surface area contributed by atoms with E-state index in [1.165, 1.54) is 13.2 Å². The molecular formula is C20H22BrF2NO4. The van der Waals surface area contributed by atoms with Gasteiger partial charge in [-0.3, -0.25) is 4.79 Å². The second-order valence-electron chi connectivity index (χ2n) is 5.87. The molecule has 152 valence electrons. The summed E-state index contributed by atoms with van der Waals surface area (Å²) in [6.45, 7) is -2.09. The van der Waals surface area contributed by atoms with E-state index in [1.54, 1.807) is 12.1 Å². The average Bonchev–Trinajstić information content (AvgIpc) is 2.65. The van der Waals surface area contributed by atoms with Crippen LogP contribution in [0.2, 0.25) is 0 Å². The number of hydrogen-bond acceptors (Lipinski definition) is 4. The molecule has 2 rings (SSSR count). The molecule has 0 unspecified atom stereocenters. The Morgan fingerprint density at radius 2 is 2.00 bits per heavy atom. The predicted molar refractivity (Wildman–Crippen MR) is 105 cm³/mol. The minimum Gasteiger partial charge on any atom is -0.494 e. The van der Waals surface area contributed by atoms with Crippen molar-refractivity contribution in [3.05, 3.63) is 52.5 Å². The van der Waals surface area contributed by atoms with Crippen LogP contribution in [0.4, 0.5) is 8.78 Å². The Labute approximate surface area is 171 Å². The molecule has 0 aromatic heterocycles. The molecule has 0 spiro atoms.